The Kier molecular flexibility index (Phi) is 5.69. The summed E-state index contributed by atoms with van der Waals surface area (Å²) in [5.74, 6) is 0. The van der Waals surface area contributed by atoms with Crippen molar-refractivity contribution in [3.05, 3.63) is 34.9 Å². The Morgan fingerprint density at radius 2 is 2.00 bits per heavy atom. The molecule has 0 unspecified atom stereocenters. The van der Waals surface area contributed by atoms with Crippen molar-refractivity contribution >= 4 is 11.6 Å². The van der Waals surface area contributed by atoms with E-state index in [2.05, 4.69) is 12.2 Å². The second-order valence-corrected chi connectivity index (χ2v) is 3.86. The van der Waals surface area contributed by atoms with Gasteiger partial charge in [-0.3, -0.25) is 0 Å². The van der Waals surface area contributed by atoms with Crippen molar-refractivity contribution in [3.8, 4) is 0 Å². The van der Waals surface area contributed by atoms with Crippen LogP contribution in [-0.4, -0.2) is 19.8 Å². The van der Waals surface area contributed by atoms with Gasteiger partial charge in [0, 0.05) is 24.2 Å². The lowest BCUT2D eigenvalue weighted by atomic mass is 10.1. The van der Waals surface area contributed by atoms with Crippen molar-refractivity contribution in [2.45, 2.75) is 19.9 Å². The third-order valence-electron chi connectivity index (χ3n) is 2.27. The van der Waals surface area contributed by atoms with E-state index >= 15 is 0 Å². The number of halogens is 1. The van der Waals surface area contributed by atoms with E-state index in [1.165, 1.54) is 5.56 Å². The summed E-state index contributed by atoms with van der Waals surface area (Å²) in [6.07, 6.45) is 0. The number of hydrogen-bond acceptors (Lipinski definition) is 2. The molecule has 0 radical (unpaired) electrons. The Balaban J connectivity index is 2.33. The van der Waals surface area contributed by atoms with Gasteiger partial charge in [-0.1, -0.05) is 23.7 Å². The summed E-state index contributed by atoms with van der Waals surface area (Å²) in [5.41, 5.74) is 1.25. The molecule has 1 N–H and O–H groups in total. The quantitative estimate of drug-likeness (QED) is 0.755. The number of nitrogens with one attached hydrogen (secondary N) is 1. The first-order chi connectivity index (χ1) is 7.24. The predicted molar refractivity (Wildman–Crippen MR) is 64.4 cm³/mol. The van der Waals surface area contributed by atoms with E-state index in [1.807, 2.05) is 31.2 Å². The third kappa shape index (κ3) is 4.65. The molecule has 2 nitrogen and oxygen atoms in total. The Bertz CT molecular complexity index is 273. The van der Waals surface area contributed by atoms with E-state index in [-0.39, 0.29) is 0 Å². The first-order valence-corrected chi connectivity index (χ1v) is 5.68. The number of benzene rings is 1. The summed E-state index contributed by atoms with van der Waals surface area (Å²) in [4.78, 5) is 0. The summed E-state index contributed by atoms with van der Waals surface area (Å²) < 4.78 is 5.26. The van der Waals surface area contributed by atoms with Gasteiger partial charge < -0.3 is 10.1 Å². The van der Waals surface area contributed by atoms with Crippen molar-refractivity contribution in [1.82, 2.24) is 5.32 Å². The summed E-state index contributed by atoms with van der Waals surface area (Å²) in [6.45, 7) is 6.54. The lowest BCUT2D eigenvalue weighted by Crippen LogP contribution is -2.23. The Labute approximate surface area is 96.6 Å². The molecule has 3 heteroatoms. The molecule has 0 aliphatic heterocycles. The molecule has 0 heterocycles. The second kappa shape index (κ2) is 6.83. The topological polar surface area (TPSA) is 21.3 Å². The normalized spacial score (nSPS) is 12.7. The highest BCUT2D eigenvalue weighted by Crippen LogP contribution is 2.15. The van der Waals surface area contributed by atoms with Crippen LogP contribution in [0.15, 0.2) is 24.3 Å². The molecular formula is C12H18ClNO. The minimum Gasteiger partial charge on any atom is -0.380 e. The molecule has 0 bridgehead atoms. The van der Waals surface area contributed by atoms with Crippen molar-refractivity contribution in [2.24, 2.45) is 0 Å². The van der Waals surface area contributed by atoms with Gasteiger partial charge in [-0.25, -0.2) is 0 Å². The van der Waals surface area contributed by atoms with Gasteiger partial charge in [0.25, 0.3) is 0 Å². The molecule has 84 valence electrons. The Hall–Kier alpha value is -0.570. The minimum atomic E-state index is 0.336. The van der Waals surface area contributed by atoms with Crippen LogP contribution in [0.4, 0.5) is 0 Å². The van der Waals surface area contributed by atoms with Crippen LogP contribution in [0.1, 0.15) is 25.5 Å². The van der Waals surface area contributed by atoms with E-state index in [0.717, 1.165) is 24.8 Å². The van der Waals surface area contributed by atoms with E-state index in [4.69, 9.17) is 16.3 Å². The number of ether oxygens (including phenoxy) is 1. The van der Waals surface area contributed by atoms with Crippen molar-refractivity contribution in [3.63, 3.8) is 0 Å². The first kappa shape index (κ1) is 12.5. The van der Waals surface area contributed by atoms with Crippen LogP contribution in [0.25, 0.3) is 0 Å². The monoisotopic (exact) mass is 227 g/mol. The molecule has 0 spiro atoms. The maximum atomic E-state index is 5.82. The van der Waals surface area contributed by atoms with E-state index in [1.54, 1.807) is 0 Å². The summed E-state index contributed by atoms with van der Waals surface area (Å²) in [6, 6.07) is 8.25. The molecular weight excluding hydrogens is 210 g/mol. The maximum Gasteiger partial charge on any atom is 0.0590 e. The Morgan fingerprint density at radius 1 is 1.33 bits per heavy atom. The lowest BCUT2D eigenvalue weighted by molar-refractivity contribution is 0.147. The van der Waals surface area contributed by atoms with Crippen LogP contribution in [0, 0.1) is 0 Å². The molecule has 0 saturated heterocycles. The molecule has 0 aliphatic carbocycles. The van der Waals surface area contributed by atoms with Crippen LogP contribution in [0.2, 0.25) is 5.02 Å². The summed E-state index contributed by atoms with van der Waals surface area (Å²) >= 11 is 5.82. The minimum absolute atomic E-state index is 0.336. The molecule has 1 aromatic rings. The molecule has 0 aliphatic rings. The summed E-state index contributed by atoms with van der Waals surface area (Å²) in [7, 11) is 0. The van der Waals surface area contributed by atoms with Crippen molar-refractivity contribution < 1.29 is 4.74 Å². The predicted octanol–water partition coefficient (Wildman–Crippen LogP) is 3.03. The Morgan fingerprint density at radius 3 is 2.60 bits per heavy atom. The van der Waals surface area contributed by atoms with Gasteiger partial charge >= 0.3 is 0 Å². The van der Waals surface area contributed by atoms with Crippen LogP contribution in [-0.2, 0) is 4.74 Å². The number of rotatable bonds is 6. The zero-order valence-electron chi connectivity index (χ0n) is 9.29. The molecule has 1 atom stereocenters. The standard InChI is InChI=1S/C12H18ClNO/c1-3-15-9-8-14-10(2)11-4-6-12(13)7-5-11/h4-7,10,14H,3,8-9H2,1-2H3/t10-/m1/s1. The van der Waals surface area contributed by atoms with Crippen LogP contribution < -0.4 is 5.32 Å². The molecule has 0 saturated carbocycles. The SMILES string of the molecule is CCOCCN[C@H](C)c1ccc(Cl)cc1. The maximum absolute atomic E-state index is 5.82. The molecule has 0 amide bonds. The van der Waals surface area contributed by atoms with Crippen LogP contribution in [0.3, 0.4) is 0 Å². The van der Waals surface area contributed by atoms with E-state index < -0.39 is 0 Å². The highest BCUT2D eigenvalue weighted by Gasteiger charge is 2.03. The van der Waals surface area contributed by atoms with E-state index in [0.29, 0.717) is 6.04 Å². The highest BCUT2D eigenvalue weighted by atomic mass is 35.5. The fraction of sp³-hybridized carbons (Fsp3) is 0.500. The fourth-order valence-corrected chi connectivity index (χ4v) is 1.49. The van der Waals surface area contributed by atoms with Gasteiger partial charge in [0.15, 0.2) is 0 Å². The average Bonchev–Trinajstić information content (AvgIpc) is 2.25. The fourth-order valence-electron chi connectivity index (χ4n) is 1.36. The van der Waals surface area contributed by atoms with E-state index in [9.17, 15) is 0 Å². The highest BCUT2D eigenvalue weighted by molar-refractivity contribution is 6.30. The smallest absolute Gasteiger partial charge is 0.0590 e. The van der Waals surface area contributed by atoms with Gasteiger partial charge in [-0.05, 0) is 31.5 Å². The van der Waals surface area contributed by atoms with Gasteiger partial charge in [0.2, 0.25) is 0 Å². The van der Waals surface area contributed by atoms with Gasteiger partial charge in [0.1, 0.15) is 0 Å². The van der Waals surface area contributed by atoms with Crippen molar-refractivity contribution in [2.75, 3.05) is 19.8 Å². The van der Waals surface area contributed by atoms with Gasteiger partial charge in [-0.2, -0.15) is 0 Å². The van der Waals surface area contributed by atoms with Crippen LogP contribution in [0.5, 0.6) is 0 Å². The van der Waals surface area contributed by atoms with Crippen molar-refractivity contribution in [1.29, 1.82) is 0 Å². The molecule has 1 aromatic carbocycles. The second-order valence-electron chi connectivity index (χ2n) is 3.42. The first-order valence-electron chi connectivity index (χ1n) is 5.30. The zero-order chi connectivity index (χ0) is 11.1. The molecule has 0 fully saturated rings. The largest absolute Gasteiger partial charge is 0.380 e. The number of hydrogen-bond donors (Lipinski definition) is 1. The third-order valence-corrected chi connectivity index (χ3v) is 2.52. The summed E-state index contributed by atoms with van der Waals surface area (Å²) in [5, 5.41) is 4.16. The molecule has 15 heavy (non-hydrogen) atoms. The van der Waals surface area contributed by atoms with Crippen LogP contribution >= 0.6 is 11.6 Å². The zero-order valence-corrected chi connectivity index (χ0v) is 10.1. The van der Waals surface area contributed by atoms with Gasteiger partial charge in [0.05, 0.1) is 6.61 Å². The average molecular weight is 228 g/mol. The molecule has 1 rings (SSSR count). The lowest BCUT2D eigenvalue weighted by Gasteiger charge is -2.14. The molecule has 0 aromatic heterocycles. The van der Waals surface area contributed by atoms with Gasteiger partial charge in [-0.15, -0.1) is 0 Å².